The van der Waals surface area contributed by atoms with Crippen LogP contribution < -0.4 is 4.90 Å². The SMILES string of the molecule is c1ccc(-c2ccc(N(c3ccc(-c4ccccc4)cc3)c3cc(-c4nc(-c5ccccc5)nc(-c5ccc6c7ccccc7c7ccccc7c6c5)n4)cc4oc5ccccc5c34)cc2)cc1. The molecule has 0 saturated carbocycles. The number of hydrogen-bond acceptors (Lipinski definition) is 5. The van der Waals surface area contributed by atoms with Gasteiger partial charge in [-0.2, -0.15) is 0 Å². The Hall–Kier alpha value is -9.19. The quantitative estimate of drug-likeness (QED) is 0.142. The smallest absolute Gasteiger partial charge is 0.164 e. The molecule has 0 unspecified atom stereocenters. The zero-order valence-electron chi connectivity index (χ0n) is 36.8. The van der Waals surface area contributed by atoms with Crippen LogP contribution in [0.3, 0.4) is 0 Å². The molecule has 0 N–H and O–H groups in total. The van der Waals surface area contributed by atoms with Crippen LogP contribution in [0.15, 0.2) is 247 Å². The Morgan fingerprint density at radius 1 is 0.265 bits per heavy atom. The zero-order valence-corrected chi connectivity index (χ0v) is 36.8. The van der Waals surface area contributed by atoms with E-state index in [0.717, 1.165) is 83.3 Å². The lowest BCUT2D eigenvalue weighted by atomic mass is 9.93. The van der Waals surface area contributed by atoms with Gasteiger partial charge in [0.25, 0.3) is 0 Å². The van der Waals surface area contributed by atoms with Crippen LogP contribution in [-0.2, 0) is 0 Å². The second kappa shape index (κ2) is 16.4. The number of benzene rings is 11. The fourth-order valence-electron chi connectivity index (χ4n) is 9.83. The third-order valence-corrected chi connectivity index (χ3v) is 13.1. The lowest BCUT2D eigenvalue weighted by Crippen LogP contribution is -2.11. The average Bonchev–Trinajstić information content (AvgIpc) is 3.81. The minimum absolute atomic E-state index is 0.541. The van der Waals surface area contributed by atoms with Crippen molar-refractivity contribution in [2.24, 2.45) is 0 Å². The maximum Gasteiger partial charge on any atom is 0.164 e. The predicted molar refractivity (Wildman–Crippen MR) is 281 cm³/mol. The summed E-state index contributed by atoms with van der Waals surface area (Å²) in [5.41, 5.74) is 11.7. The van der Waals surface area contributed by atoms with Gasteiger partial charge in [0.15, 0.2) is 17.5 Å². The molecule has 5 nitrogen and oxygen atoms in total. The van der Waals surface area contributed by atoms with Gasteiger partial charge in [0.1, 0.15) is 11.2 Å². The summed E-state index contributed by atoms with van der Waals surface area (Å²) in [6.45, 7) is 0. The number of rotatable bonds is 8. The highest BCUT2D eigenvalue weighted by molar-refractivity contribution is 6.25. The van der Waals surface area contributed by atoms with Gasteiger partial charge in [0, 0.05) is 33.5 Å². The molecule has 0 bridgehead atoms. The highest BCUT2D eigenvalue weighted by Crippen LogP contribution is 2.46. The van der Waals surface area contributed by atoms with E-state index in [-0.39, 0.29) is 0 Å². The Balaban J connectivity index is 1.04. The van der Waals surface area contributed by atoms with Gasteiger partial charge in [0.05, 0.1) is 11.1 Å². The highest BCUT2D eigenvalue weighted by atomic mass is 16.3. The van der Waals surface area contributed by atoms with Crippen LogP contribution in [0.4, 0.5) is 17.1 Å². The van der Waals surface area contributed by atoms with Crippen LogP contribution in [0.25, 0.3) is 111 Å². The molecule has 0 spiro atoms. The number of anilines is 3. The van der Waals surface area contributed by atoms with Crippen molar-refractivity contribution in [1.29, 1.82) is 0 Å². The molecular weight excluding hydrogens is 829 g/mol. The molecule has 13 aromatic rings. The number of furan rings is 1. The molecule has 318 valence electrons. The second-order valence-corrected chi connectivity index (χ2v) is 17.2. The third-order valence-electron chi connectivity index (χ3n) is 13.1. The van der Waals surface area contributed by atoms with Crippen LogP contribution in [0, 0.1) is 0 Å². The van der Waals surface area contributed by atoms with E-state index in [9.17, 15) is 0 Å². The monoisotopic (exact) mass is 868 g/mol. The molecule has 2 aromatic heterocycles. The van der Waals surface area contributed by atoms with Crippen LogP contribution in [0.2, 0.25) is 0 Å². The number of para-hydroxylation sites is 1. The summed E-state index contributed by atoms with van der Waals surface area (Å²) < 4.78 is 6.79. The summed E-state index contributed by atoms with van der Waals surface area (Å²) in [4.78, 5) is 18.2. The summed E-state index contributed by atoms with van der Waals surface area (Å²) in [5, 5.41) is 9.22. The van der Waals surface area contributed by atoms with Crippen molar-refractivity contribution in [3.63, 3.8) is 0 Å². The molecule has 68 heavy (non-hydrogen) atoms. The van der Waals surface area contributed by atoms with Crippen molar-refractivity contribution in [2.75, 3.05) is 4.90 Å². The van der Waals surface area contributed by atoms with E-state index in [1.54, 1.807) is 0 Å². The minimum Gasteiger partial charge on any atom is -0.456 e. The number of nitrogens with zero attached hydrogens (tertiary/aromatic N) is 4. The van der Waals surface area contributed by atoms with Crippen molar-refractivity contribution in [3.05, 3.63) is 243 Å². The van der Waals surface area contributed by atoms with Gasteiger partial charge in [-0.05, 0) is 103 Å². The molecule has 5 heteroatoms. The number of hydrogen-bond donors (Lipinski definition) is 0. The summed E-state index contributed by atoms with van der Waals surface area (Å²) in [5.74, 6) is 1.72. The Morgan fingerprint density at radius 3 is 1.21 bits per heavy atom. The molecule has 0 fully saturated rings. The summed E-state index contributed by atoms with van der Waals surface area (Å²) in [6, 6.07) is 85.3. The predicted octanol–water partition coefficient (Wildman–Crippen LogP) is 17.0. The maximum atomic E-state index is 6.79. The van der Waals surface area contributed by atoms with Crippen LogP contribution in [-0.4, -0.2) is 15.0 Å². The first-order valence-electron chi connectivity index (χ1n) is 22.9. The first-order chi connectivity index (χ1) is 33.7. The molecular formula is C63H40N4O. The molecule has 0 aliphatic rings. The minimum atomic E-state index is 0.541. The van der Waals surface area contributed by atoms with E-state index >= 15 is 0 Å². The lowest BCUT2D eigenvalue weighted by Gasteiger charge is -2.27. The fraction of sp³-hybridized carbons (Fsp3) is 0. The maximum absolute atomic E-state index is 6.79. The first-order valence-corrected chi connectivity index (χ1v) is 22.9. The summed E-state index contributed by atoms with van der Waals surface area (Å²) in [6.07, 6.45) is 0. The number of fused-ring (bicyclic) bond motifs is 9. The Morgan fingerprint density at radius 2 is 0.662 bits per heavy atom. The van der Waals surface area contributed by atoms with E-state index in [2.05, 4.69) is 217 Å². The van der Waals surface area contributed by atoms with Gasteiger partial charge in [0.2, 0.25) is 0 Å². The van der Waals surface area contributed by atoms with E-state index < -0.39 is 0 Å². The molecule has 0 aliphatic heterocycles. The molecule has 0 aliphatic carbocycles. The standard InChI is InChI=1S/C63H40N4O/c1-4-16-41(17-5-1)43-28-33-48(34-29-43)67(49-35-30-44(31-36-49)42-18-6-2-7-19-42)57-39-47(40-59-60(57)55-26-14-15-27-58(55)68-59)63-65-61(45-20-8-3-9-21-45)64-62(66-63)46-32-37-54-52-24-11-10-22-50(52)51-23-12-13-25-53(51)56(54)38-46/h1-40H. The molecule has 2 heterocycles. The largest absolute Gasteiger partial charge is 0.456 e. The molecule has 13 rings (SSSR count). The van der Waals surface area contributed by atoms with Gasteiger partial charge >= 0.3 is 0 Å². The third kappa shape index (κ3) is 6.84. The normalized spacial score (nSPS) is 11.5. The van der Waals surface area contributed by atoms with Gasteiger partial charge in [-0.3, -0.25) is 0 Å². The van der Waals surface area contributed by atoms with Gasteiger partial charge < -0.3 is 9.32 Å². The molecule has 0 amide bonds. The molecule has 0 saturated heterocycles. The van der Waals surface area contributed by atoms with Gasteiger partial charge in [-0.1, -0.05) is 194 Å². The highest BCUT2D eigenvalue weighted by Gasteiger charge is 2.23. The Kier molecular flexibility index (Phi) is 9.43. The number of aromatic nitrogens is 3. The lowest BCUT2D eigenvalue weighted by molar-refractivity contribution is 0.669. The van der Waals surface area contributed by atoms with Crippen molar-refractivity contribution < 1.29 is 4.42 Å². The van der Waals surface area contributed by atoms with Crippen LogP contribution in [0.5, 0.6) is 0 Å². The zero-order chi connectivity index (χ0) is 45.0. The Labute approximate surface area is 392 Å². The first kappa shape index (κ1) is 39.2. The van der Waals surface area contributed by atoms with E-state index in [0.29, 0.717) is 17.5 Å². The van der Waals surface area contributed by atoms with Gasteiger partial charge in [-0.15, -0.1) is 0 Å². The van der Waals surface area contributed by atoms with Crippen molar-refractivity contribution in [1.82, 2.24) is 15.0 Å². The summed E-state index contributed by atoms with van der Waals surface area (Å²) >= 11 is 0. The summed E-state index contributed by atoms with van der Waals surface area (Å²) in [7, 11) is 0. The van der Waals surface area contributed by atoms with Crippen molar-refractivity contribution >= 4 is 71.3 Å². The topological polar surface area (TPSA) is 55.1 Å². The van der Waals surface area contributed by atoms with Crippen LogP contribution in [0.1, 0.15) is 0 Å². The van der Waals surface area contributed by atoms with Gasteiger partial charge in [-0.25, -0.2) is 15.0 Å². The van der Waals surface area contributed by atoms with Crippen molar-refractivity contribution in [2.45, 2.75) is 0 Å². The molecule has 0 radical (unpaired) electrons. The van der Waals surface area contributed by atoms with Crippen LogP contribution >= 0.6 is 0 Å². The van der Waals surface area contributed by atoms with E-state index in [1.807, 2.05) is 30.3 Å². The fourth-order valence-corrected chi connectivity index (χ4v) is 9.83. The molecule has 0 atom stereocenters. The van der Waals surface area contributed by atoms with Crippen molar-refractivity contribution in [3.8, 4) is 56.4 Å². The Bertz CT molecular complexity index is 3880. The average molecular weight is 869 g/mol. The van der Waals surface area contributed by atoms with E-state index in [4.69, 9.17) is 19.4 Å². The molecule has 11 aromatic carbocycles. The second-order valence-electron chi connectivity index (χ2n) is 17.2. The van der Waals surface area contributed by atoms with E-state index in [1.165, 1.54) is 26.9 Å².